The molecule has 4 rings (SSSR count). The molecule has 9 nitrogen and oxygen atoms in total. The molecule has 3 aromatic rings. The largest absolute Gasteiger partial charge is 0.497 e. The molecule has 1 amide bonds. The molecule has 3 heterocycles. The zero-order valence-corrected chi connectivity index (χ0v) is 15.6. The zero-order valence-electron chi connectivity index (χ0n) is 15.6. The summed E-state index contributed by atoms with van der Waals surface area (Å²) in [5, 5.41) is 15.7. The number of aromatic nitrogens is 3. The number of hydrogen-bond acceptors (Lipinski definition) is 5. The van der Waals surface area contributed by atoms with Crippen LogP contribution in [-0.2, 0) is 13.0 Å². The maximum absolute atomic E-state index is 12.9. The Morgan fingerprint density at radius 2 is 1.93 bits per heavy atom. The number of rotatable bonds is 4. The molecule has 0 aliphatic carbocycles. The van der Waals surface area contributed by atoms with Gasteiger partial charge in [-0.25, -0.2) is 4.79 Å². The SMILES string of the molecule is COc1ccc(-c2ccc(C(=O)N3CCc4[nH]nc(C(=O)O)c4C3)c(=O)[nH]2)cc1. The van der Waals surface area contributed by atoms with Crippen LogP contribution < -0.4 is 10.3 Å². The number of amides is 1. The molecule has 2 aromatic heterocycles. The Morgan fingerprint density at radius 3 is 2.59 bits per heavy atom. The topological polar surface area (TPSA) is 128 Å². The lowest BCUT2D eigenvalue weighted by molar-refractivity contribution is 0.0674. The number of carbonyl (C=O) groups is 2. The second kappa shape index (κ2) is 7.27. The van der Waals surface area contributed by atoms with E-state index >= 15 is 0 Å². The number of nitrogens with one attached hydrogen (secondary N) is 2. The standard InChI is InChI=1S/C20H18N4O5/c1-29-12-4-2-11(3-5-12)15-7-6-13(18(25)21-15)19(26)24-9-8-16-14(10-24)17(20(27)28)23-22-16/h2-7H,8-10H2,1H3,(H,21,25)(H,22,23)(H,27,28). The van der Waals surface area contributed by atoms with E-state index in [-0.39, 0.29) is 17.8 Å². The summed E-state index contributed by atoms with van der Waals surface area (Å²) in [7, 11) is 1.57. The molecule has 0 atom stereocenters. The minimum atomic E-state index is -1.15. The van der Waals surface area contributed by atoms with Gasteiger partial charge in [0.05, 0.1) is 13.7 Å². The number of aromatic carboxylic acids is 1. The number of ether oxygens (including phenoxy) is 1. The maximum atomic E-state index is 12.9. The third kappa shape index (κ3) is 3.38. The summed E-state index contributed by atoms with van der Waals surface area (Å²) in [6.45, 7) is 0.457. The van der Waals surface area contributed by atoms with Gasteiger partial charge in [-0.15, -0.1) is 0 Å². The second-order valence-corrected chi connectivity index (χ2v) is 6.65. The number of benzene rings is 1. The van der Waals surface area contributed by atoms with Crippen molar-refractivity contribution in [3.05, 3.63) is 69.3 Å². The van der Waals surface area contributed by atoms with Crippen LogP contribution in [0.25, 0.3) is 11.3 Å². The molecular weight excluding hydrogens is 376 g/mol. The number of aromatic amines is 2. The average Bonchev–Trinajstić information content (AvgIpc) is 3.17. The molecular formula is C20H18N4O5. The van der Waals surface area contributed by atoms with Crippen molar-refractivity contribution in [1.29, 1.82) is 0 Å². The van der Waals surface area contributed by atoms with E-state index in [1.165, 1.54) is 11.0 Å². The maximum Gasteiger partial charge on any atom is 0.356 e. The molecule has 0 fully saturated rings. The van der Waals surface area contributed by atoms with Gasteiger partial charge in [0.25, 0.3) is 11.5 Å². The minimum absolute atomic E-state index is 0.00563. The van der Waals surface area contributed by atoms with Crippen molar-refractivity contribution in [3.63, 3.8) is 0 Å². The monoisotopic (exact) mass is 394 g/mol. The van der Waals surface area contributed by atoms with E-state index in [1.807, 2.05) is 12.1 Å². The summed E-state index contributed by atoms with van der Waals surface area (Å²) in [5.74, 6) is -0.901. The molecule has 148 valence electrons. The van der Waals surface area contributed by atoms with E-state index in [1.54, 1.807) is 25.3 Å². The van der Waals surface area contributed by atoms with Crippen LogP contribution in [0.4, 0.5) is 0 Å². The van der Waals surface area contributed by atoms with E-state index in [4.69, 9.17) is 4.74 Å². The van der Waals surface area contributed by atoms with Gasteiger partial charge < -0.3 is 19.7 Å². The lowest BCUT2D eigenvalue weighted by atomic mass is 10.0. The third-order valence-corrected chi connectivity index (χ3v) is 4.96. The molecule has 1 aliphatic heterocycles. The van der Waals surface area contributed by atoms with Crippen LogP contribution >= 0.6 is 0 Å². The number of methoxy groups -OCH3 is 1. The molecule has 0 spiro atoms. The predicted molar refractivity (Wildman–Crippen MR) is 103 cm³/mol. The number of H-pyrrole nitrogens is 2. The molecule has 9 heteroatoms. The first kappa shape index (κ1) is 18.5. The van der Waals surface area contributed by atoms with Crippen molar-refractivity contribution in [1.82, 2.24) is 20.1 Å². The Hall–Kier alpha value is -3.88. The van der Waals surface area contributed by atoms with Crippen LogP contribution in [0.2, 0.25) is 0 Å². The first-order valence-electron chi connectivity index (χ1n) is 8.94. The number of nitrogens with zero attached hydrogens (tertiary/aromatic N) is 2. The average molecular weight is 394 g/mol. The molecule has 0 radical (unpaired) electrons. The van der Waals surface area contributed by atoms with Crippen LogP contribution in [-0.4, -0.2) is 50.7 Å². The molecule has 0 unspecified atom stereocenters. The van der Waals surface area contributed by atoms with E-state index in [0.29, 0.717) is 35.7 Å². The lowest BCUT2D eigenvalue weighted by Crippen LogP contribution is -2.38. The fourth-order valence-electron chi connectivity index (χ4n) is 3.40. The van der Waals surface area contributed by atoms with Crippen molar-refractivity contribution in [3.8, 4) is 17.0 Å². The van der Waals surface area contributed by atoms with Gasteiger partial charge in [-0.3, -0.25) is 14.7 Å². The summed E-state index contributed by atoms with van der Waals surface area (Å²) in [6, 6.07) is 10.3. The van der Waals surface area contributed by atoms with Crippen molar-refractivity contribution in [2.24, 2.45) is 0 Å². The van der Waals surface area contributed by atoms with Gasteiger partial charge in [-0.1, -0.05) is 0 Å². The normalized spacial score (nSPS) is 13.1. The van der Waals surface area contributed by atoms with Crippen LogP contribution in [0.1, 0.15) is 32.1 Å². The first-order chi connectivity index (χ1) is 14.0. The minimum Gasteiger partial charge on any atom is -0.497 e. The number of pyridine rings is 1. The number of hydrogen-bond donors (Lipinski definition) is 3. The summed E-state index contributed by atoms with van der Waals surface area (Å²) in [5.41, 5.74) is 1.96. The van der Waals surface area contributed by atoms with Gasteiger partial charge in [-0.05, 0) is 42.0 Å². The Labute approximate surface area is 164 Å². The van der Waals surface area contributed by atoms with Gasteiger partial charge in [0, 0.05) is 29.9 Å². The highest BCUT2D eigenvalue weighted by Crippen LogP contribution is 2.23. The molecule has 0 bridgehead atoms. The fourth-order valence-corrected chi connectivity index (χ4v) is 3.40. The molecule has 1 aliphatic rings. The molecule has 29 heavy (non-hydrogen) atoms. The van der Waals surface area contributed by atoms with E-state index in [0.717, 1.165) is 5.56 Å². The van der Waals surface area contributed by atoms with Gasteiger partial charge in [0.1, 0.15) is 11.3 Å². The lowest BCUT2D eigenvalue weighted by Gasteiger charge is -2.26. The van der Waals surface area contributed by atoms with Crippen LogP contribution in [0, 0.1) is 0 Å². The number of carbonyl (C=O) groups excluding carboxylic acids is 1. The quantitative estimate of drug-likeness (QED) is 0.617. The molecule has 3 N–H and O–H groups in total. The van der Waals surface area contributed by atoms with E-state index in [9.17, 15) is 19.5 Å². The van der Waals surface area contributed by atoms with Gasteiger partial charge in [-0.2, -0.15) is 5.10 Å². The van der Waals surface area contributed by atoms with Crippen molar-refractivity contribution in [2.45, 2.75) is 13.0 Å². The Bertz CT molecular complexity index is 1150. The predicted octanol–water partition coefficient (Wildman–Crippen LogP) is 1.67. The summed E-state index contributed by atoms with van der Waals surface area (Å²) in [4.78, 5) is 40.9. The Kier molecular flexibility index (Phi) is 4.63. The van der Waals surface area contributed by atoms with Crippen molar-refractivity contribution in [2.75, 3.05) is 13.7 Å². The summed E-state index contributed by atoms with van der Waals surface area (Å²) in [6.07, 6.45) is 0.448. The van der Waals surface area contributed by atoms with Crippen molar-refractivity contribution >= 4 is 11.9 Å². The number of carboxylic acids is 1. The smallest absolute Gasteiger partial charge is 0.356 e. The Balaban J connectivity index is 1.58. The highest BCUT2D eigenvalue weighted by atomic mass is 16.5. The second-order valence-electron chi connectivity index (χ2n) is 6.65. The van der Waals surface area contributed by atoms with E-state index < -0.39 is 17.4 Å². The molecule has 1 aromatic carbocycles. The van der Waals surface area contributed by atoms with Crippen LogP contribution in [0.15, 0.2) is 41.2 Å². The number of fused-ring (bicyclic) bond motifs is 1. The van der Waals surface area contributed by atoms with Crippen molar-refractivity contribution < 1.29 is 19.4 Å². The highest BCUT2D eigenvalue weighted by Gasteiger charge is 2.29. The van der Waals surface area contributed by atoms with Crippen LogP contribution in [0.3, 0.4) is 0 Å². The highest BCUT2D eigenvalue weighted by molar-refractivity contribution is 5.94. The number of carboxylic acid groups (broad SMARTS) is 1. The zero-order chi connectivity index (χ0) is 20.5. The summed E-state index contributed by atoms with van der Waals surface area (Å²) < 4.78 is 5.12. The fraction of sp³-hybridized carbons (Fsp3) is 0.200. The summed E-state index contributed by atoms with van der Waals surface area (Å²) >= 11 is 0. The molecule has 0 saturated heterocycles. The van der Waals surface area contributed by atoms with Gasteiger partial charge in [0.15, 0.2) is 5.69 Å². The molecule has 0 saturated carbocycles. The Morgan fingerprint density at radius 1 is 1.17 bits per heavy atom. The van der Waals surface area contributed by atoms with Crippen LogP contribution in [0.5, 0.6) is 5.75 Å². The van der Waals surface area contributed by atoms with Gasteiger partial charge in [0.2, 0.25) is 0 Å². The van der Waals surface area contributed by atoms with Gasteiger partial charge >= 0.3 is 5.97 Å². The first-order valence-corrected chi connectivity index (χ1v) is 8.94. The third-order valence-electron chi connectivity index (χ3n) is 4.96. The van der Waals surface area contributed by atoms with E-state index in [2.05, 4.69) is 15.2 Å².